The van der Waals surface area contributed by atoms with Crippen LogP contribution in [0.3, 0.4) is 0 Å². The highest BCUT2D eigenvalue weighted by atomic mass is 15.1. The molecule has 3 aromatic carbocycles. The van der Waals surface area contributed by atoms with Crippen LogP contribution in [0.1, 0.15) is 11.3 Å². The summed E-state index contributed by atoms with van der Waals surface area (Å²) in [6, 6.07) is 25.3. The number of imidazole rings is 1. The van der Waals surface area contributed by atoms with Crippen molar-refractivity contribution in [1.29, 1.82) is 0 Å². The molecule has 0 saturated heterocycles. The number of hydrogen-bond donors (Lipinski definition) is 1. The highest BCUT2D eigenvalue weighted by Crippen LogP contribution is 2.26. The van der Waals surface area contributed by atoms with Gasteiger partial charge in [0, 0.05) is 30.5 Å². The van der Waals surface area contributed by atoms with E-state index in [0.29, 0.717) is 0 Å². The number of nitrogens with one attached hydrogen (secondary N) is 1. The molecule has 0 bridgehead atoms. The Morgan fingerprint density at radius 3 is 2.48 bits per heavy atom. The summed E-state index contributed by atoms with van der Waals surface area (Å²) in [7, 11) is 2.13. The van der Waals surface area contributed by atoms with Crippen molar-refractivity contribution in [3.63, 3.8) is 0 Å². The highest BCUT2D eigenvalue weighted by Gasteiger charge is 2.09. The van der Waals surface area contributed by atoms with Crippen LogP contribution in [0.4, 0.5) is 0 Å². The van der Waals surface area contributed by atoms with Gasteiger partial charge in [0.15, 0.2) is 0 Å². The molecule has 0 unspecified atom stereocenters. The number of aromatic amines is 1. The number of hydrogen-bond acceptors (Lipinski definition) is 2. The third kappa shape index (κ3) is 3.47. The Balaban J connectivity index is 1.54. The van der Waals surface area contributed by atoms with Gasteiger partial charge in [0.1, 0.15) is 5.82 Å². The Bertz CT molecular complexity index is 967. The van der Waals surface area contributed by atoms with Gasteiger partial charge in [-0.15, -0.1) is 0 Å². The zero-order valence-corrected chi connectivity index (χ0v) is 14.3. The Hall–Kier alpha value is -2.91. The fourth-order valence-electron chi connectivity index (χ4n) is 3.25. The standard InChI is InChI=1S/C22H21N3/c1-25(15-17-8-3-2-4-9-17)16-19-14-23-22(24-19)21-13-7-11-18-10-5-6-12-20(18)21/h2-14H,15-16H2,1H3,(H,23,24). The lowest BCUT2D eigenvalue weighted by molar-refractivity contribution is 0.315. The SMILES string of the molecule is CN(Cc1ccccc1)Cc1cnc(-c2cccc3ccccc23)[nH]1. The van der Waals surface area contributed by atoms with Crippen LogP contribution < -0.4 is 0 Å². The molecule has 0 fully saturated rings. The number of aromatic nitrogens is 2. The minimum absolute atomic E-state index is 0.840. The largest absolute Gasteiger partial charge is 0.341 e. The molecule has 0 spiro atoms. The summed E-state index contributed by atoms with van der Waals surface area (Å²) in [6.45, 7) is 1.76. The summed E-state index contributed by atoms with van der Waals surface area (Å²) < 4.78 is 0. The molecule has 0 aliphatic rings. The minimum Gasteiger partial charge on any atom is -0.341 e. The van der Waals surface area contributed by atoms with Crippen LogP contribution >= 0.6 is 0 Å². The molecule has 1 aromatic heterocycles. The number of rotatable bonds is 5. The summed E-state index contributed by atoms with van der Waals surface area (Å²) in [5.74, 6) is 0.930. The first-order valence-electron chi connectivity index (χ1n) is 8.54. The number of H-pyrrole nitrogens is 1. The van der Waals surface area contributed by atoms with Gasteiger partial charge in [-0.25, -0.2) is 4.98 Å². The molecule has 3 heteroatoms. The zero-order chi connectivity index (χ0) is 17.1. The van der Waals surface area contributed by atoms with Crippen LogP contribution in [-0.2, 0) is 13.1 Å². The van der Waals surface area contributed by atoms with E-state index in [1.807, 2.05) is 6.20 Å². The Morgan fingerprint density at radius 2 is 1.60 bits per heavy atom. The first kappa shape index (κ1) is 15.6. The number of fused-ring (bicyclic) bond motifs is 1. The monoisotopic (exact) mass is 327 g/mol. The third-order valence-electron chi connectivity index (χ3n) is 4.41. The van der Waals surface area contributed by atoms with Crippen molar-refractivity contribution in [2.75, 3.05) is 7.05 Å². The second kappa shape index (κ2) is 6.91. The van der Waals surface area contributed by atoms with E-state index < -0.39 is 0 Å². The predicted octanol–water partition coefficient (Wildman–Crippen LogP) is 4.86. The van der Waals surface area contributed by atoms with E-state index in [1.54, 1.807) is 0 Å². The quantitative estimate of drug-likeness (QED) is 0.567. The smallest absolute Gasteiger partial charge is 0.138 e. The lowest BCUT2D eigenvalue weighted by atomic mass is 10.0. The molecule has 25 heavy (non-hydrogen) atoms. The highest BCUT2D eigenvalue weighted by molar-refractivity contribution is 5.95. The molecule has 0 saturated carbocycles. The van der Waals surface area contributed by atoms with Crippen molar-refractivity contribution >= 4 is 10.8 Å². The third-order valence-corrected chi connectivity index (χ3v) is 4.41. The molecule has 0 amide bonds. The van der Waals surface area contributed by atoms with Crippen LogP contribution in [0.5, 0.6) is 0 Å². The molecule has 124 valence electrons. The van der Waals surface area contributed by atoms with E-state index in [1.165, 1.54) is 16.3 Å². The zero-order valence-electron chi connectivity index (χ0n) is 14.3. The first-order valence-corrected chi connectivity index (χ1v) is 8.54. The first-order chi connectivity index (χ1) is 12.3. The van der Waals surface area contributed by atoms with Gasteiger partial charge in [-0.05, 0) is 23.4 Å². The summed E-state index contributed by atoms with van der Waals surface area (Å²) >= 11 is 0. The molecule has 1 N–H and O–H groups in total. The van der Waals surface area contributed by atoms with Crippen molar-refractivity contribution in [3.05, 3.63) is 90.3 Å². The normalized spacial score (nSPS) is 11.3. The van der Waals surface area contributed by atoms with Gasteiger partial charge in [-0.1, -0.05) is 72.8 Å². The fourth-order valence-corrected chi connectivity index (χ4v) is 3.25. The van der Waals surface area contributed by atoms with Crippen molar-refractivity contribution in [2.24, 2.45) is 0 Å². The van der Waals surface area contributed by atoms with Crippen LogP contribution in [0, 0.1) is 0 Å². The molecule has 0 aliphatic carbocycles. The van der Waals surface area contributed by atoms with E-state index in [2.05, 4.69) is 94.7 Å². The van der Waals surface area contributed by atoms with Gasteiger partial charge in [-0.2, -0.15) is 0 Å². The average Bonchev–Trinajstić information content (AvgIpc) is 3.10. The minimum atomic E-state index is 0.840. The van der Waals surface area contributed by atoms with Crippen LogP contribution in [0.25, 0.3) is 22.2 Å². The number of benzene rings is 3. The maximum absolute atomic E-state index is 4.61. The van der Waals surface area contributed by atoms with Crippen molar-refractivity contribution < 1.29 is 0 Å². The van der Waals surface area contributed by atoms with E-state index in [9.17, 15) is 0 Å². The molecule has 4 aromatic rings. The molecule has 4 rings (SSSR count). The summed E-state index contributed by atoms with van der Waals surface area (Å²) in [4.78, 5) is 10.4. The van der Waals surface area contributed by atoms with E-state index in [0.717, 1.165) is 30.2 Å². The van der Waals surface area contributed by atoms with Crippen LogP contribution in [0.15, 0.2) is 79.0 Å². The van der Waals surface area contributed by atoms with Crippen molar-refractivity contribution in [2.45, 2.75) is 13.1 Å². The van der Waals surface area contributed by atoms with Gasteiger partial charge in [0.2, 0.25) is 0 Å². The van der Waals surface area contributed by atoms with E-state index in [4.69, 9.17) is 0 Å². The van der Waals surface area contributed by atoms with Gasteiger partial charge in [0.05, 0.1) is 0 Å². The van der Waals surface area contributed by atoms with Crippen LogP contribution in [0.2, 0.25) is 0 Å². The topological polar surface area (TPSA) is 31.9 Å². The molecule has 0 atom stereocenters. The summed E-state index contributed by atoms with van der Waals surface area (Å²) in [5.41, 5.74) is 3.59. The summed E-state index contributed by atoms with van der Waals surface area (Å²) in [6.07, 6.45) is 1.94. The Kier molecular flexibility index (Phi) is 4.32. The lowest BCUT2D eigenvalue weighted by Gasteiger charge is -2.15. The molecule has 0 radical (unpaired) electrons. The lowest BCUT2D eigenvalue weighted by Crippen LogP contribution is -2.17. The molecule has 0 aliphatic heterocycles. The van der Waals surface area contributed by atoms with Gasteiger partial charge < -0.3 is 4.98 Å². The Morgan fingerprint density at radius 1 is 0.840 bits per heavy atom. The second-order valence-corrected chi connectivity index (χ2v) is 6.44. The molecule has 1 heterocycles. The van der Waals surface area contributed by atoms with Gasteiger partial charge in [-0.3, -0.25) is 4.90 Å². The van der Waals surface area contributed by atoms with E-state index in [-0.39, 0.29) is 0 Å². The molecular formula is C22H21N3. The number of nitrogens with zero attached hydrogens (tertiary/aromatic N) is 2. The summed E-state index contributed by atoms with van der Waals surface area (Å²) in [5, 5.41) is 2.46. The van der Waals surface area contributed by atoms with Crippen molar-refractivity contribution in [3.8, 4) is 11.4 Å². The van der Waals surface area contributed by atoms with Gasteiger partial charge >= 0.3 is 0 Å². The average molecular weight is 327 g/mol. The second-order valence-electron chi connectivity index (χ2n) is 6.44. The Labute approximate surface area is 148 Å². The molecule has 3 nitrogen and oxygen atoms in total. The van der Waals surface area contributed by atoms with E-state index >= 15 is 0 Å². The molecular weight excluding hydrogens is 306 g/mol. The predicted molar refractivity (Wildman–Crippen MR) is 103 cm³/mol. The maximum Gasteiger partial charge on any atom is 0.138 e. The van der Waals surface area contributed by atoms with Gasteiger partial charge in [0.25, 0.3) is 0 Å². The van der Waals surface area contributed by atoms with Crippen molar-refractivity contribution in [1.82, 2.24) is 14.9 Å². The maximum atomic E-state index is 4.61. The fraction of sp³-hybridized carbons (Fsp3) is 0.136. The van der Waals surface area contributed by atoms with Crippen LogP contribution in [-0.4, -0.2) is 21.9 Å².